The van der Waals surface area contributed by atoms with Crippen LogP contribution in [0.15, 0.2) is 42.2 Å². The van der Waals surface area contributed by atoms with Crippen LogP contribution in [-0.2, 0) is 0 Å². The molecule has 0 radical (unpaired) electrons. The first-order chi connectivity index (χ1) is 7.35. The highest BCUT2D eigenvalue weighted by Gasteiger charge is 2.24. The van der Waals surface area contributed by atoms with Crippen molar-refractivity contribution >= 4 is 0 Å². The van der Waals surface area contributed by atoms with Crippen LogP contribution in [0.5, 0.6) is 0 Å². The van der Waals surface area contributed by atoms with E-state index in [4.69, 9.17) is 0 Å². The quantitative estimate of drug-likeness (QED) is 0.360. The molecule has 0 saturated heterocycles. The summed E-state index contributed by atoms with van der Waals surface area (Å²) in [7, 11) is 0. The third-order valence-electron chi connectivity index (χ3n) is 1.61. The molecule has 0 saturated carbocycles. The molecule has 0 aliphatic carbocycles. The minimum Gasteiger partial charge on any atom is -0.210 e. The van der Waals surface area contributed by atoms with Crippen LogP contribution in [-0.4, -0.2) is 12.3 Å². The van der Waals surface area contributed by atoms with E-state index in [0.29, 0.717) is 6.92 Å². The van der Waals surface area contributed by atoms with Crippen molar-refractivity contribution in [2.75, 3.05) is 0 Å². The van der Waals surface area contributed by atoms with Crippen LogP contribution in [0.25, 0.3) is 0 Å². The molecule has 0 aromatic rings. The Morgan fingerprint density at radius 3 is 2.44 bits per heavy atom. The van der Waals surface area contributed by atoms with Crippen molar-refractivity contribution in [2.24, 2.45) is 0 Å². The first kappa shape index (κ1) is 14.7. The van der Waals surface area contributed by atoms with Gasteiger partial charge in [0.05, 0.1) is 0 Å². The van der Waals surface area contributed by atoms with Crippen molar-refractivity contribution in [3.8, 4) is 0 Å². The van der Waals surface area contributed by atoms with Gasteiger partial charge in [-0.05, 0) is 13.0 Å². The van der Waals surface area contributed by atoms with Gasteiger partial charge >= 0.3 is 0 Å². The summed E-state index contributed by atoms with van der Waals surface area (Å²) in [6, 6.07) is 0. The maximum absolute atomic E-state index is 12.7. The molecule has 0 aromatic carbocycles. The fraction of sp³-hybridized carbons (Fsp3) is 0.417. The smallest absolute Gasteiger partial charge is 0.210 e. The summed E-state index contributed by atoms with van der Waals surface area (Å²) < 4.78 is 49.5. The molecule has 0 bridgehead atoms. The van der Waals surface area contributed by atoms with Crippen molar-refractivity contribution < 1.29 is 17.6 Å². The average molecular weight is 234 g/mol. The molecule has 0 aliphatic rings. The van der Waals surface area contributed by atoms with Crippen molar-refractivity contribution in [3.63, 3.8) is 0 Å². The summed E-state index contributed by atoms with van der Waals surface area (Å²) in [4.78, 5) is 0. The Hall–Kier alpha value is -1.28. The molecule has 0 N–H and O–H groups in total. The van der Waals surface area contributed by atoms with E-state index in [1.165, 1.54) is 24.3 Å². The summed E-state index contributed by atoms with van der Waals surface area (Å²) in [5.41, 5.74) is 2.47. The lowest BCUT2D eigenvalue weighted by molar-refractivity contribution is 0.0197. The van der Waals surface area contributed by atoms with Crippen molar-refractivity contribution in [1.29, 1.82) is 0 Å². The number of allylic oxidation sites excluding steroid dienone is 5. The number of rotatable bonds is 6. The highest BCUT2D eigenvalue weighted by molar-refractivity contribution is 5.17. The highest BCUT2D eigenvalue weighted by atomic mass is 19.3. The Morgan fingerprint density at radius 2 is 2.00 bits per heavy atom. The van der Waals surface area contributed by atoms with Gasteiger partial charge in [-0.25, -0.2) is 17.6 Å². The molecule has 0 aliphatic heterocycles. The molecule has 0 unspecified atom stereocenters. The van der Waals surface area contributed by atoms with Gasteiger partial charge in [0.25, 0.3) is 0 Å². The van der Waals surface area contributed by atoms with Crippen molar-refractivity contribution in [3.05, 3.63) is 42.2 Å². The monoisotopic (exact) mass is 234 g/mol. The predicted molar refractivity (Wildman–Crippen MR) is 56.8 cm³/mol. The largest absolute Gasteiger partial charge is 0.249 e. The molecule has 0 heterocycles. The molecule has 0 amide bonds. The van der Waals surface area contributed by atoms with Crippen molar-refractivity contribution in [1.82, 2.24) is 0 Å². The van der Waals surface area contributed by atoms with Gasteiger partial charge in [-0.3, -0.25) is 0 Å². The maximum Gasteiger partial charge on any atom is 0.249 e. The predicted octanol–water partition coefficient (Wildman–Crippen LogP) is 4.51. The van der Waals surface area contributed by atoms with E-state index in [1.54, 1.807) is 0 Å². The van der Waals surface area contributed by atoms with Gasteiger partial charge in [0.15, 0.2) is 0 Å². The molecule has 0 nitrogen and oxygen atoms in total. The van der Waals surface area contributed by atoms with E-state index in [2.05, 4.69) is 12.3 Å². The zero-order valence-corrected chi connectivity index (χ0v) is 9.02. The SMILES string of the molecule is C=C=C/C=C\C=C(\CC(F)F)CC(C)(F)F. The Morgan fingerprint density at radius 1 is 1.38 bits per heavy atom. The molecule has 4 heteroatoms. The first-order valence-corrected chi connectivity index (χ1v) is 4.71. The van der Waals surface area contributed by atoms with Crippen LogP contribution < -0.4 is 0 Å². The Kier molecular flexibility index (Phi) is 6.50. The number of halogens is 4. The van der Waals surface area contributed by atoms with E-state index in [9.17, 15) is 17.6 Å². The molecule has 90 valence electrons. The number of hydrogen-bond donors (Lipinski definition) is 0. The van der Waals surface area contributed by atoms with Crippen molar-refractivity contribution in [2.45, 2.75) is 32.1 Å². The molecular weight excluding hydrogens is 220 g/mol. The fourth-order valence-electron chi connectivity index (χ4n) is 1.11. The summed E-state index contributed by atoms with van der Waals surface area (Å²) in [6.07, 6.45) is 1.74. The summed E-state index contributed by atoms with van der Waals surface area (Å²) in [5, 5.41) is 0. The third kappa shape index (κ3) is 9.28. The second-order valence-electron chi connectivity index (χ2n) is 3.42. The lowest BCUT2D eigenvalue weighted by Gasteiger charge is -2.12. The van der Waals surface area contributed by atoms with E-state index in [1.807, 2.05) is 0 Å². The van der Waals surface area contributed by atoms with Gasteiger partial charge in [0.2, 0.25) is 12.3 Å². The van der Waals surface area contributed by atoms with E-state index in [-0.39, 0.29) is 5.57 Å². The minimum absolute atomic E-state index is 0.0243. The first-order valence-electron chi connectivity index (χ1n) is 4.71. The second-order valence-corrected chi connectivity index (χ2v) is 3.42. The molecule has 0 spiro atoms. The van der Waals surface area contributed by atoms with E-state index >= 15 is 0 Å². The number of alkyl halides is 4. The zero-order chi connectivity index (χ0) is 12.6. The second kappa shape index (κ2) is 7.07. The Balaban J connectivity index is 4.59. The van der Waals surface area contributed by atoms with Gasteiger partial charge in [-0.1, -0.05) is 30.4 Å². The van der Waals surface area contributed by atoms with E-state index in [0.717, 1.165) is 0 Å². The normalized spacial score (nSPS) is 13.2. The summed E-state index contributed by atoms with van der Waals surface area (Å²) >= 11 is 0. The topological polar surface area (TPSA) is 0 Å². The fourth-order valence-corrected chi connectivity index (χ4v) is 1.11. The maximum atomic E-state index is 12.7. The average Bonchev–Trinajstić information content (AvgIpc) is 2.08. The molecule has 0 rings (SSSR count). The highest BCUT2D eigenvalue weighted by Crippen LogP contribution is 2.25. The van der Waals surface area contributed by atoms with Gasteiger partial charge in [-0.2, -0.15) is 0 Å². The summed E-state index contributed by atoms with van der Waals surface area (Å²) in [5.74, 6) is -2.97. The van der Waals surface area contributed by atoms with Crippen LogP contribution in [0.4, 0.5) is 17.6 Å². The van der Waals surface area contributed by atoms with Crippen LogP contribution >= 0.6 is 0 Å². The van der Waals surface area contributed by atoms with Crippen LogP contribution in [0.3, 0.4) is 0 Å². The third-order valence-corrected chi connectivity index (χ3v) is 1.61. The van der Waals surface area contributed by atoms with Gasteiger partial charge in [0, 0.05) is 12.8 Å². The standard InChI is InChI=1S/C12H14F4/c1-3-4-5-6-7-10(8-11(13)14)9-12(2,15)16/h4-7,11H,1,8-9H2,2H3/b6-5-,10-7-. The molecule has 0 fully saturated rings. The molecular formula is C12H14F4. The van der Waals surface area contributed by atoms with Gasteiger partial charge in [-0.15, -0.1) is 5.73 Å². The van der Waals surface area contributed by atoms with Crippen LogP contribution in [0, 0.1) is 0 Å². The number of hydrogen-bond acceptors (Lipinski definition) is 0. The lowest BCUT2D eigenvalue weighted by atomic mass is 10.0. The molecule has 0 aromatic heterocycles. The van der Waals surface area contributed by atoms with Crippen LogP contribution in [0.2, 0.25) is 0 Å². The minimum atomic E-state index is -2.97. The molecule has 0 atom stereocenters. The van der Waals surface area contributed by atoms with Crippen LogP contribution in [0.1, 0.15) is 19.8 Å². The Labute approximate surface area is 92.7 Å². The van der Waals surface area contributed by atoms with E-state index < -0.39 is 25.2 Å². The lowest BCUT2D eigenvalue weighted by Crippen LogP contribution is -2.12. The molecule has 16 heavy (non-hydrogen) atoms. The zero-order valence-electron chi connectivity index (χ0n) is 9.02. The Bertz CT molecular complexity index is 301. The van der Waals surface area contributed by atoms with Gasteiger partial charge < -0.3 is 0 Å². The van der Waals surface area contributed by atoms with Gasteiger partial charge in [0.1, 0.15) is 0 Å². The summed E-state index contributed by atoms with van der Waals surface area (Å²) in [6.45, 7) is 4.00.